The molecule has 1 atom stereocenters. The molecule has 4 nitrogen and oxygen atoms in total. The van der Waals surface area contributed by atoms with Crippen LogP contribution in [0.4, 0.5) is 0 Å². The van der Waals surface area contributed by atoms with Gasteiger partial charge in [0.25, 0.3) is 0 Å². The molecule has 30 heavy (non-hydrogen) atoms. The van der Waals surface area contributed by atoms with Gasteiger partial charge in [0.2, 0.25) is 5.91 Å². The highest BCUT2D eigenvalue weighted by molar-refractivity contribution is 6.31. The summed E-state index contributed by atoms with van der Waals surface area (Å²) in [7, 11) is 3.27. The Hall–Kier alpha value is -2.98. The van der Waals surface area contributed by atoms with Crippen molar-refractivity contribution >= 4 is 17.5 Å². The van der Waals surface area contributed by atoms with Gasteiger partial charge in [-0.25, -0.2) is 0 Å². The van der Waals surface area contributed by atoms with Crippen molar-refractivity contribution in [2.24, 2.45) is 0 Å². The van der Waals surface area contributed by atoms with Gasteiger partial charge < -0.3 is 14.4 Å². The maximum Gasteiger partial charge on any atom is 0.227 e. The normalized spacial score (nSPS) is 15.4. The molecule has 1 amide bonds. The average molecular weight is 422 g/mol. The Morgan fingerprint density at radius 2 is 1.67 bits per heavy atom. The summed E-state index contributed by atoms with van der Waals surface area (Å²) in [5, 5.41) is 0.617. The fourth-order valence-corrected chi connectivity index (χ4v) is 4.32. The fourth-order valence-electron chi connectivity index (χ4n) is 4.12. The lowest BCUT2D eigenvalue weighted by Gasteiger charge is -2.38. The Morgan fingerprint density at radius 3 is 2.37 bits per heavy atom. The van der Waals surface area contributed by atoms with Crippen LogP contribution in [0.25, 0.3) is 0 Å². The molecule has 0 saturated heterocycles. The van der Waals surface area contributed by atoms with E-state index in [1.54, 1.807) is 14.2 Å². The molecule has 0 fully saturated rings. The van der Waals surface area contributed by atoms with E-state index in [1.807, 2.05) is 59.5 Å². The molecule has 0 spiro atoms. The van der Waals surface area contributed by atoms with Crippen molar-refractivity contribution in [1.82, 2.24) is 4.90 Å². The zero-order chi connectivity index (χ0) is 21.1. The van der Waals surface area contributed by atoms with Crippen molar-refractivity contribution in [3.05, 3.63) is 94.0 Å². The molecule has 1 aliphatic heterocycles. The molecule has 5 heteroatoms. The summed E-state index contributed by atoms with van der Waals surface area (Å²) in [5.41, 5.74) is 4.15. The third kappa shape index (κ3) is 3.88. The third-order valence-corrected chi connectivity index (χ3v) is 5.98. The van der Waals surface area contributed by atoms with Crippen molar-refractivity contribution in [1.29, 1.82) is 0 Å². The summed E-state index contributed by atoms with van der Waals surface area (Å²) >= 11 is 6.31. The molecule has 3 aromatic rings. The molecule has 3 aromatic carbocycles. The number of rotatable bonds is 5. The highest BCUT2D eigenvalue weighted by Crippen LogP contribution is 2.41. The first-order chi connectivity index (χ1) is 14.6. The molecule has 0 saturated carbocycles. The summed E-state index contributed by atoms with van der Waals surface area (Å²) in [6.07, 6.45) is 1.03. The van der Waals surface area contributed by atoms with Gasteiger partial charge >= 0.3 is 0 Å². The molecule has 1 heterocycles. The summed E-state index contributed by atoms with van der Waals surface area (Å²) < 4.78 is 11.0. The Balaban J connectivity index is 1.76. The monoisotopic (exact) mass is 421 g/mol. The number of fused-ring (bicyclic) bond motifs is 1. The molecular weight excluding hydrogens is 398 g/mol. The van der Waals surface area contributed by atoms with Gasteiger partial charge in [0.1, 0.15) is 0 Å². The first kappa shape index (κ1) is 20.3. The number of ether oxygens (including phenoxy) is 2. The van der Waals surface area contributed by atoms with Gasteiger partial charge in [-0.05, 0) is 46.9 Å². The molecule has 154 valence electrons. The van der Waals surface area contributed by atoms with Gasteiger partial charge in [-0.1, -0.05) is 60.1 Å². The van der Waals surface area contributed by atoms with Crippen molar-refractivity contribution in [3.8, 4) is 11.5 Å². The van der Waals surface area contributed by atoms with Crippen molar-refractivity contribution in [2.45, 2.75) is 18.9 Å². The SMILES string of the molecule is COc1cc2c(cc1OC)C(c1ccccc1)N(C(=O)Cc1ccccc1Cl)CC2. The lowest BCUT2D eigenvalue weighted by Crippen LogP contribution is -2.41. The molecule has 1 aliphatic rings. The summed E-state index contributed by atoms with van der Waals surface area (Å²) in [6.45, 7) is 0.630. The minimum atomic E-state index is -0.190. The van der Waals surface area contributed by atoms with Crippen LogP contribution in [0.5, 0.6) is 11.5 Å². The van der Waals surface area contributed by atoms with Crippen molar-refractivity contribution < 1.29 is 14.3 Å². The van der Waals surface area contributed by atoms with Crippen LogP contribution in [0.2, 0.25) is 5.02 Å². The van der Waals surface area contributed by atoms with E-state index in [0.29, 0.717) is 23.1 Å². The van der Waals surface area contributed by atoms with E-state index in [2.05, 4.69) is 12.1 Å². The number of benzene rings is 3. The molecule has 0 N–H and O–H groups in total. The van der Waals surface area contributed by atoms with Gasteiger partial charge in [0.05, 0.1) is 26.7 Å². The summed E-state index contributed by atoms with van der Waals surface area (Å²) in [6, 6.07) is 21.5. The second-order valence-corrected chi connectivity index (χ2v) is 7.73. The molecule has 4 rings (SSSR count). The minimum absolute atomic E-state index is 0.0531. The molecule has 0 bridgehead atoms. The van der Waals surface area contributed by atoms with Crippen LogP contribution < -0.4 is 9.47 Å². The highest BCUT2D eigenvalue weighted by atomic mass is 35.5. The lowest BCUT2D eigenvalue weighted by atomic mass is 9.87. The first-order valence-corrected chi connectivity index (χ1v) is 10.3. The topological polar surface area (TPSA) is 38.8 Å². The van der Waals surface area contributed by atoms with E-state index < -0.39 is 0 Å². The van der Waals surface area contributed by atoms with Crippen molar-refractivity contribution in [2.75, 3.05) is 20.8 Å². The van der Waals surface area contributed by atoms with Gasteiger partial charge in [0, 0.05) is 11.6 Å². The molecule has 1 unspecified atom stereocenters. The Kier molecular flexibility index (Phi) is 5.96. The predicted molar refractivity (Wildman–Crippen MR) is 118 cm³/mol. The van der Waals surface area contributed by atoms with Crippen LogP contribution in [-0.4, -0.2) is 31.6 Å². The second kappa shape index (κ2) is 8.80. The van der Waals surface area contributed by atoms with Crippen LogP contribution in [0, 0.1) is 0 Å². The van der Waals surface area contributed by atoms with E-state index in [-0.39, 0.29) is 18.4 Å². The zero-order valence-corrected chi connectivity index (χ0v) is 17.9. The number of halogens is 1. The van der Waals surface area contributed by atoms with E-state index in [0.717, 1.165) is 23.1 Å². The van der Waals surface area contributed by atoms with Crippen LogP contribution in [0.3, 0.4) is 0 Å². The Labute approximate surface area is 182 Å². The van der Waals surface area contributed by atoms with E-state index in [1.165, 1.54) is 5.56 Å². The predicted octanol–water partition coefficient (Wildman–Crippen LogP) is 5.07. The molecule has 0 aliphatic carbocycles. The minimum Gasteiger partial charge on any atom is -0.493 e. The molecular formula is C25H24ClNO3. The maximum absolute atomic E-state index is 13.4. The van der Waals surface area contributed by atoms with Crippen molar-refractivity contribution in [3.63, 3.8) is 0 Å². The van der Waals surface area contributed by atoms with E-state index in [9.17, 15) is 4.79 Å². The molecule has 0 radical (unpaired) electrons. The van der Waals surface area contributed by atoms with E-state index in [4.69, 9.17) is 21.1 Å². The van der Waals surface area contributed by atoms with Crippen LogP contribution >= 0.6 is 11.6 Å². The van der Waals surface area contributed by atoms with E-state index >= 15 is 0 Å². The highest BCUT2D eigenvalue weighted by Gasteiger charge is 2.33. The largest absolute Gasteiger partial charge is 0.493 e. The summed E-state index contributed by atoms with van der Waals surface area (Å²) in [4.78, 5) is 15.4. The number of carbonyl (C=O) groups excluding carboxylic acids is 1. The van der Waals surface area contributed by atoms with Crippen LogP contribution in [-0.2, 0) is 17.6 Å². The number of nitrogens with zero attached hydrogens (tertiary/aromatic N) is 1. The standard InChI is InChI=1S/C25H24ClNO3/c1-29-22-14-18-12-13-27(24(28)15-19-10-6-7-11-21(19)26)25(17-8-4-3-5-9-17)20(18)16-23(22)30-2/h3-11,14,16,25H,12-13,15H2,1-2H3. The quantitative estimate of drug-likeness (QED) is 0.577. The van der Waals surface area contributed by atoms with Crippen LogP contribution in [0.1, 0.15) is 28.3 Å². The summed E-state index contributed by atoms with van der Waals surface area (Å²) in [5.74, 6) is 1.42. The smallest absolute Gasteiger partial charge is 0.227 e. The first-order valence-electron chi connectivity index (χ1n) is 9.95. The Morgan fingerprint density at radius 1 is 1.00 bits per heavy atom. The van der Waals surface area contributed by atoms with Gasteiger partial charge in [-0.2, -0.15) is 0 Å². The number of hydrogen-bond donors (Lipinski definition) is 0. The Bertz CT molecular complexity index is 1050. The van der Waals surface area contributed by atoms with Gasteiger partial charge in [0.15, 0.2) is 11.5 Å². The maximum atomic E-state index is 13.4. The number of hydrogen-bond acceptors (Lipinski definition) is 3. The lowest BCUT2D eigenvalue weighted by molar-refractivity contribution is -0.132. The van der Waals surface area contributed by atoms with Crippen LogP contribution in [0.15, 0.2) is 66.7 Å². The van der Waals surface area contributed by atoms with Gasteiger partial charge in [-0.15, -0.1) is 0 Å². The fraction of sp³-hybridized carbons (Fsp3) is 0.240. The second-order valence-electron chi connectivity index (χ2n) is 7.32. The third-order valence-electron chi connectivity index (χ3n) is 5.61. The average Bonchev–Trinajstić information content (AvgIpc) is 2.79. The van der Waals surface area contributed by atoms with Gasteiger partial charge in [-0.3, -0.25) is 4.79 Å². The molecule has 0 aromatic heterocycles. The number of methoxy groups -OCH3 is 2. The number of carbonyl (C=O) groups is 1. The zero-order valence-electron chi connectivity index (χ0n) is 17.1. The number of amides is 1.